The fourth-order valence-corrected chi connectivity index (χ4v) is 3.10. The van der Waals surface area contributed by atoms with E-state index in [1.807, 2.05) is 18.2 Å². The van der Waals surface area contributed by atoms with Gasteiger partial charge in [0, 0.05) is 18.0 Å². The first-order valence-electron chi connectivity index (χ1n) is 6.47. The summed E-state index contributed by atoms with van der Waals surface area (Å²) in [6.45, 7) is 1.54. The first kappa shape index (κ1) is 11.5. The topological polar surface area (TPSA) is 49.8 Å². The largest absolute Gasteiger partial charge is 0.493 e. The highest BCUT2D eigenvalue weighted by Gasteiger charge is 2.37. The molecule has 3 rings (SSSR count). The van der Waals surface area contributed by atoms with Gasteiger partial charge in [0.1, 0.15) is 11.8 Å². The summed E-state index contributed by atoms with van der Waals surface area (Å²) in [5, 5.41) is 9.29. The summed E-state index contributed by atoms with van der Waals surface area (Å²) < 4.78 is 5.63. The number of carbonyl (C=O) groups is 1. The van der Waals surface area contributed by atoms with Crippen LogP contribution < -0.4 is 4.74 Å². The van der Waals surface area contributed by atoms with Crippen molar-refractivity contribution in [2.75, 3.05) is 13.2 Å². The molecule has 4 nitrogen and oxygen atoms in total. The molecule has 1 fully saturated rings. The molecular formula is C14H17NO3. The van der Waals surface area contributed by atoms with Gasteiger partial charge in [0.25, 0.3) is 0 Å². The molecule has 2 heterocycles. The molecule has 2 atom stereocenters. The van der Waals surface area contributed by atoms with E-state index in [-0.39, 0.29) is 12.1 Å². The Balaban J connectivity index is 1.91. The SMILES string of the molecule is O=C(O)C1CCCN1C1CCOc2ccccc21. The van der Waals surface area contributed by atoms with E-state index < -0.39 is 5.97 Å². The second-order valence-electron chi connectivity index (χ2n) is 4.92. The number of carboxylic acid groups (broad SMARTS) is 1. The zero-order valence-corrected chi connectivity index (χ0v) is 10.2. The summed E-state index contributed by atoms with van der Waals surface area (Å²) in [5.41, 5.74) is 1.14. The van der Waals surface area contributed by atoms with Crippen molar-refractivity contribution in [2.24, 2.45) is 0 Å². The van der Waals surface area contributed by atoms with Crippen LogP contribution >= 0.6 is 0 Å². The highest BCUT2D eigenvalue weighted by atomic mass is 16.5. The fourth-order valence-electron chi connectivity index (χ4n) is 3.10. The van der Waals surface area contributed by atoms with E-state index in [9.17, 15) is 9.90 Å². The molecule has 0 saturated carbocycles. The van der Waals surface area contributed by atoms with Crippen molar-refractivity contribution >= 4 is 5.97 Å². The standard InChI is InChI=1S/C14H17NO3/c16-14(17)12-5-3-8-15(12)11-7-9-18-13-6-2-1-4-10(11)13/h1-2,4,6,11-12H,3,5,7-9H2,(H,16,17). The number of carboxylic acids is 1. The fraction of sp³-hybridized carbons (Fsp3) is 0.500. The molecule has 2 aliphatic heterocycles. The molecule has 1 saturated heterocycles. The maximum atomic E-state index is 11.3. The molecule has 0 bridgehead atoms. The lowest BCUT2D eigenvalue weighted by atomic mass is 9.98. The second-order valence-corrected chi connectivity index (χ2v) is 4.92. The number of benzene rings is 1. The van der Waals surface area contributed by atoms with Crippen molar-refractivity contribution in [1.29, 1.82) is 0 Å². The van der Waals surface area contributed by atoms with E-state index in [1.165, 1.54) is 0 Å². The van der Waals surface area contributed by atoms with E-state index in [4.69, 9.17) is 4.74 Å². The van der Waals surface area contributed by atoms with Gasteiger partial charge in [-0.1, -0.05) is 18.2 Å². The quantitative estimate of drug-likeness (QED) is 0.869. The lowest BCUT2D eigenvalue weighted by molar-refractivity contribution is -0.143. The van der Waals surface area contributed by atoms with Crippen LogP contribution in [0.3, 0.4) is 0 Å². The molecule has 0 amide bonds. The molecule has 1 aromatic rings. The number of ether oxygens (including phenoxy) is 1. The van der Waals surface area contributed by atoms with Crippen LogP contribution in [0.25, 0.3) is 0 Å². The predicted octanol–water partition coefficient (Wildman–Crippen LogP) is 2.06. The van der Waals surface area contributed by atoms with E-state index in [1.54, 1.807) is 0 Å². The maximum Gasteiger partial charge on any atom is 0.320 e. The Bertz CT molecular complexity index is 460. The van der Waals surface area contributed by atoms with Gasteiger partial charge in [0.15, 0.2) is 0 Å². The average Bonchev–Trinajstić information content (AvgIpc) is 2.87. The lowest BCUT2D eigenvalue weighted by Crippen LogP contribution is -2.40. The Labute approximate surface area is 106 Å². The van der Waals surface area contributed by atoms with Crippen LogP contribution in [0.2, 0.25) is 0 Å². The number of likely N-dealkylation sites (tertiary alicyclic amines) is 1. The first-order valence-corrected chi connectivity index (χ1v) is 6.47. The van der Waals surface area contributed by atoms with Crippen LogP contribution in [-0.2, 0) is 4.79 Å². The van der Waals surface area contributed by atoms with Gasteiger partial charge >= 0.3 is 5.97 Å². The molecular weight excluding hydrogens is 230 g/mol. The Morgan fingerprint density at radius 3 is 3.00 bits per heavy atom. The van der Waals surface area contributed by atoms with Crippen molar-refractivity contribution in [3.05, 3.63) is 29.8 Å². The summed E-state index contributed by atoms with van der Waals surface area (Å²) in [4.78, 5) is 13.4. The summed E-state index contributed by atoms with van der Waals surface area (Å²) in [6.07, 6.45) is 2.60. The van der Waals surface area contributed by atoms with Crippen molar-refractivity contribution < 1.29 is 14.6 Å². The minimum Gasteiger partial charge on any atom is -0.493 e. The highest BCUT2D eigenvalue weighted by molar-refractivity contribution is 5.74. The van der Waals surface area contributed by atoms with E-state index in [0.717, 1.165) is 37.1 Å². The van der Waals surface area contributed by atoms with Gasteiger partial charge in [-0.25, -0.2) is 0 Å². The zero-order chi connectivity index (χ0) is 12.5. The molecule has 96 valence electrons. The summed E-state index contributed by atoms with van der Waals surface area (Å²) in [6, 6.07) is 7.83. The van der Waals surface area contributed by atoms with Gasteiger partial charge in [-0.3, -0.25) is 9.69 Å². The molecule has 0 radical (unpaired) electrons. The number of rotatable bonds is 2. The average molecular weight is 247 g/mol. The number of fused-ring (bicyclic) bond motifs is 1. The maximum absolute atomic E-state index is 11.3. The van der Waals surface area contributed by atoms with Crippen LogP contribution in [-0.4, -0.2) is 35.2 Å². The van der Waals surface area contributed by atoms with Gasteiger partial charge in [-0.15, -0.1) is 0 Å². The van der Waals surface area contributed by atoms with E-state index >= 15 is 0 Å². The molecule has 2 unspecified atom stereocenters. The number of aliphatic carboxylic acids is 1. The van der Waals surface area contributed by atoms with Crippen LogP contribution in [0.4, 0.5) is 0 Å². The summed E-state index contributed by atoms with van der Waals surface area (Å²) in [5.74, 6) is 0.210. The highest BCUT2D eigenvalue weighted by Crippen LogP contribution is 2.39. The number of para-hydroxylation sites is 1. The molecule has 18 heavy (non-hydrogen) atoms. The van der Waals surface area contributed by atoms with Gasteiger partial charge in [-0.05, 0) is 25.5 Å². The lowest BCUT2D eigenvalue weighted by Gasteiger charge is -2.35. The van der Waals surface area contributed by atoms with E-state index in [2.05, 4.69) is 11.0 Å². The monoisotopic (exact) mass is 247 g/mol. The smallest absolute Gasteiger partial charge is 0.320 e. The zero-order valence-electron chi connectivity index (χ0n) is 10.2. The third kappa shape index (κ3) is 1.86. The Kier molecular flexibility index (Phi) is 2.96. The predicted molar refractivity (Wildman–Crippen MR) is 66.7 cm³/mol. The van der Waals surface area contributed by atoms with Crippen molar-refractivity contribution in [2.45, 2.75) is 31.3 Å². The Hall–Kier alpha value is -1.55. The number of hydrogen-bond donors (Lipinski definition) is 1. The van der Waals surface area contributed by atoms with Gasteiger partial charge in [0.05, 0.1) is 6.61 Å². The molecule has 1 aromatic carbocycles. The third-order valence-corrected chi connectivity index (χ3v) is 3.91. The molecule has 4 heteroatoms. The molecule has 1 N–H and O–H groups in total. The number of hydrogen-bond acceptors (Lipinski definition) is 3. The van der Waals surface area contributed by atoms with Gasteiger partial charge in [0.2, 0.25) is 0 Å². The minimum absolute atomic E-state index is 0.193. The van der Waals surface area contributed by atoms with Crippen LogP contribution in [0.5, 0.6) is 5.75 Å². The van der Waals surface area contributed by atoms with Crippen molar-refractivity contribution in [3.8, 4) is 5.75 Å². The summed E-state index contributed by atoms with van der Waals surface area (Å²) >= 11 is 0. The molecule has 0 aliphatic carbocycles. The van der Waals surface area contributed by atoms with Crippen molar-refractivity contribution in [1.82, 2.24) is 4.90 Å². The first-order chi connectivity index (χ1) is 8.77. The molecule has 0 aromatic heterocycles. The number of nitrogens with zero attached hydrogens (tertiary/aromatic N) is 1. The second kappa shape index (κ2) is 4.61. The van der Waals surface area contributed by atoms with Crippen molar-refractivity contribution in [3.63, 3.8) is 0 Å². The van der Waals surface area contributed by atoms with Crippen LogP contribution in [0, 0.1) is 0 Å². The normalized spacial score (nSPS) is 27.6. The minimum atomic E-state index is -0.698. The molecule has 2 aliphatic rings. The van der Waals surface area contributed by atoms with E-state index in [0.29, 0.717) is 6.61 Å². The Morgan fingerprint density at radius 1 is 1.33 bits per heavy atom. The van der Waals surface area contributed by atoms with Gasteiger partial charge in [-0.2, -0.15) is 0 Å². The van der Waals surface area contributed by atoms with Crippen LogP contribution in [0.1, 0.15) is 30.9 Å². The van der Waals surface area contributed by atoms with Gasteiger partial charge < -0.3 is 9.84 Å². The summed E-state index contributed by atoms with van der Waals surface area (Å²) in [7, 11) is 0. The third-order valence-electron chi connectivity index (χ3n) is 3.91. The van der Waals surface area contributed by atoms with Crippen LogP contribution in [0.15, 0.2) is 24.3 Å². The Morgan fingerprint density at radius 2 is 2.17 bits per heavy atom. The molecule has 0 spiro atoms.